The predicted octanol–water partition coefficient (Wildman–Crippen LogP) is 5.69. The van der Waals surface area contributed by atoms with Crippen molar-refractivity contribution in [1.29, 1.82) is 0 Å². The average molecular weight is 437 g/mol. The smallest absolute Gasteiger partial charge is 0.246 e. The summed E-state index contributed by atoms with van der Waals surface area (Å²) < 4.78 is 0. The van der Waals surface area contributed by atoms with E-state index in [2.05, 4.69) is 5.32 Å². The zero-order valence-corrected chi connectivity index (χ0v) is 18.0. The Morgan fingerprint density at radius 2 is 1.70 bits per heavy atom. The second-order valence-electron chi connectivity index (χ2n) is 7.06. The molecule has 1 aliphatic heterocycles. The summed E-state index contributed by atoms with van der Waals surface area (Å²) in [6.07, 6.45) is 0. The Morgan fingerprint density at radius 3 is 2.47 bits per heavy atom. The number of carbonyl (C=O) groups is 2. The maximum Gasteiger partial charge on any atom is 0.246 e. The number of rotatable bonds is 5. The van der Waals surface area contributed by atoms with Gasteiger partial charge in [0.1, 0.15) is 10.8 Å². The summed E-state index contributed by atoms with van der Waals surface area (Å²) in [6.45, 7) is 1.99. The molecule has 0 spiro atoms. The molecule has 0 aliphatic carbocycles. The van der Waals surface area contributed by atoms with Crippen LogP contribution in [0.1, 0.15) is 27.4 Å². The zero-order valence-electron chi connectivity index (χ0n) is 16.4. The molecule has 2 atom stereocenters. The molecule has 3 aromatic rings. The van der Waals surface area contributed by atoms with Gasteiger partial charge in [-0.1, -0.05) is 66.7 Å². The van der Waals surface area contributed by atoms with Gasteiger partial charge < -0.3 is 5.32 Å². The lowest BCUT2D eigenvalue weighted by atomic mass is 10.1. The highest BCUT2D eigenvalue weighted by molar-refractivity contribution is 8.00. The highest BCUT2D eigenvalue weighted by Crippen LogP contribution is 2.45. The summed E-state index contributed by atoms with van der Waals surface area (Å²) in [6, 6.07) is 24.7. The van der Waals surface area contributed by atoms with E-state index in [-0.39, 0.29) is 17.2 Å². The Labute approximate surface area is 185 Å². The molecule has 152 valence electrons. The lowest BCUT2D eigenvalue weighted by Crippen LogP contribution is -2.29. The number of hydrogen-bond acceptors (Lipinski definition) is 3. The summed E-state index contributed by atoms with van der Waals surface area (Å²) >= 11 is 7.96. The van der Waals surface area contributed by atoms with Crippen molar-refractivity contribution in [3.05, 3.63) is 95.6 Å². The maximum atomic E-state index is 12.8. The van der Waals surface area contributed by atoms with E-state index in [0.29, 0.717) is 11.4 Å². The molecule has 0 radical (unpaired) electrons. The Kier molecular flexibility index (Phi) is 6.11. The molecule has 0 bridgehead atoms. The molecule has 3 aromatic carbocycles. The van der Waals surface area contributed by atoms with Crippen LogP contribution in [-0.4, -0.2) is 17.6 Å². The lowest BCUT2D eigenvalue weighted by Gasteiger charge is -2.27. The number of halogens is 1. The fraction of sp³-hybridized carbons (Fsp3) is 0.167. The number of carbonyl (C=O) groups excluding carboxylic acids is 2. The molecule has 2 amide bonds. The summed E-state index contributed by atoms with van der Waals surface area (Å²) in [5.41, 5.74) is 4.20. The number of aryl methyl sites for hydroxylation is 1. The van der Waals surface area contributed by atoms with Crippen molar-refractivity contribution in [2.45, 2.75) is 17.7 Å². The van der Waals surface area contributed by atoms with E-state index in [0.717, 1.165) is 22.4 Å². The van der Waals surface area contributed by atoms with Crippen molar-refractivity contribution in [2.75, 3.05) is 16.0 Å². The van der Waals surface area contributed by atoms with E-state index < -0.39 is 5.38 Å². The minimum absolute atomic E-state index is 0.0555. The molecule has 1 fully saturated rings. The molecular formula is C24H21ClN2O2S. The highest BCUT2D eigenvalue weighted by Gasteiger charge is 2.36. The van der Waals surface area contributed by atoms with Gasteiger partial charge in [-0.15, -0.1) is 23.4 Å². The molecule has 4 rings (SSSR count). The van der Waals surface area contributed by atoms with Gasteiger partial charge in [-0.2, -0.15) is 0 Å². The van der Waals surface area contributed by atoms with E-state index >= 15 is 0 Å². The van der Waals surface area contributed by atoms with Crippen LogP contribution >= 0.6 is 23.4 Å². The first-order valence-electron chi connectivity index (χ1n) is 9.64. The van der Waals surface area contributed by atoms with E-state index in [1.807, 2.05) is 90.7 Å². The molecule has 0 unspecified atom stereocenters. The van der Waals surface area contributed by atoms with Crippen LogP contribution in [0.25, 0.3) is 0 Å². The molecule has 1 saturated heterocycles. The van der Waals surface area contributed by atoms with Crippen LogP contribution in [0, 0.1) is 6.92 Å². The number of nitrogens with one attached hydrogen (secondary N) is 1. The van der Waals surface area contributed by atoms with Gasteiger partial charge in [0.05, 0.1) is 5.75 Å². The molecular weight excluding hydrogens is 416 g/mol. The van der Waals surface area contributed by atoms with Gasteiger partial charge in [0, 0.05) is 16.9 Å². The number of anilines is 2. The Hall–Kier alpha value is -2.76. The van der Waals surface area contributed by atoms with Gasteiger partial charge in [0.2, 0.25) is 11.8 Å². The normalized spacial score (nSPS) is 17.1. The first-order chi connectivity index (χ1) is 14.6. The van der Waals surface area contributed by atoms with Gasteiger partial charge >= 0.3 is 0 Å². The third-order valence-corrected chi connectivity index (χ3v) is 6.69. The zero-order chi connectivity index (χ0) is 21.1. The standard InChI is InChI=1S/C24H21ClN2O2S/c1-16-9-5-8-14-20(16)27-21(28)15-30-24(27)18-12-6-7-13-19(18)26-23(29)22(25)17-10-3-2-4-11-17/h2-14,22,24H,15H2,1H3,(H,26,29)/t22-,24-/m0/s1. The summed E-state index contributed by atoms with van der Waals surface area (Å²) in [7, 11) is 0. The van der Waals surface area contributed by atoms with Crippen LogP contribution in [0.15, 0.2) is 78.9 Å². The average Bonchev–Trinajstić information content (AvgIpc) is 3.15. The SMILES string of the molecule is Cc1ccccc1N1C(=O)CS[C@H]1c1ccccc1NC(=O)[C@@H](Cl)c1ccccc1. The molecule has 0 saturated carbocycles. The van der Waals surface area contributed by atoms with Gasteiger partial charge in [0.25, 0.3) is 0 Å². The molecule has 1 N–H and O–H groups in total. The molecule has 0 aromatic heterocycles. The van der Waals surface area contributed by atoms with E-state index in [4.69, 9.17) is 11.6 Å². The third-order valence-electron chi connectivity index (χ3n) is 5.05. The van der Waals surface area contributed by atoms with Crippen LogP contribution in [0.5, 0.6) is 0 Å². The fourth-order valence-electron chi connectivity index (χ4n) is 3.54. The molecule has 1 aliphatic rings. The van der Waals surface area contributed by atoms with Crippen LogP contribution in [0.2, 0.25) is 0 Å². The number of thioether (sulfide) groups is 1. The number of nitrogens with zero attached hydrogens (tertiary/aromatic N) is 1. The monoisotopic (exact) mass is 436 g/mol. The maximum absolute atomic E-state index is 12.8. The number of hydrogen-bond donors (Lipinski definition) is 1. The number of alkyl halides is 1. The number of para-hydroxylation sites is 2. The van der Waals surface area contributed by atoms with Crippen molar-refractivity contribution in [3.8, 4) is 0 Å². The van der Waals surface area contributed by atoms with Gasteiger partial charge in [-0.25, -0.2) is 0 Å². The van der Waals surface area contributed by atoms with E-state index in [1.54, 1.807) is 11.8 Å². The molecule has 4 nitrogen and oxygen atoms in total. The van der Waals surface area contributed by atoms with Crippen molar-refractivity contribution in [2.24, 2.45) is 0 Å². The summed E-state index contributed by atoms with van der Waals surface area (Å²) in [4.78, 5) is 27.4. The first kappa shape index (κ1) is 20.5. The van der Waals surface area contributed by atoms with Crippen molar-refractivity contribution in [3.63, 3.8) is 0 Å². The van der Waals surface area contributed by atoms with Crippen LogP contribution in [0.3, 0.4) is 0 Å². The fourth-order valence-corrected chi connectivity index (χ4v) is 4.95. The molecule has 30 heavy (non-hydrogen) atoms. The Morgan fingerprint density at radius 1 is 1.03 bits per heavy atom. The quantitative estimate of drug-likeness (QED) is 0.522. The van der Waals surface area contributed by atoms with E-state index in [1.165, 1.54) is 0 Å². The topological polar surface area (TPSA) is 49.4 Å². The lowest BCUT2D eigenvalue weighted by molar-refractivity contribution is -0.116. The van der Waals surface area contributed by atoms with Gasteiger partial charge in [-0.05, 0) is 30.2 Å². The van der Waals surface area contributed by atoms with Crippen molar-refractivity contribution in [1.82, 2.24) is 0 Å². The second kappa shape index (κ2) is 8.94. The molecule has 1 heterocycles. The number of benzene rings is 3. The Bertz CT molecular complexity index is 1070. The van der Waals surface area contributed by atoms with Crippen LogP contribution in [-0.2, 0) is 9.59 Å². The summed E-state index contributed by atoms with van der Waals surface area (Å²) in [5.74, 6) is 0.149. The molecule has 6 heteroatoms. The van der Waals surface area contributed by atoms with Crippen molar-refractivity contribution >= 4 is 46.6 Å². The Balaban J connectivity index is 1.64. The predicted molar refractivity (Wildman–Crippen MR) is 124 cm³/mol. The van der Waals surface area contributed by atoms with Crippen LogP contribution < -0.4 is 10.2 Å². The van der Waals surface area contributed by atoms with E-state index in [9.17, 15) is 9.59 Å². The minimum atomic E-state index is -0.801. The number of amides is 2. The third kappa shape index (κ3) is 4.09. The largest absolute Gasteiger partial charge is 0.324 e. The second-order valence-corrected chi connectivity index (χ2v) is 8.57. The van der Waals surface area contributed by atoms with Crippen LogP contribution in [0.4, 0.5) is 11.4 Å². The highest BCUT2D eigenvalue weighted by atomic mass is 35.5. The summed E-state index contributed by atoms with van der Waals surface area (Å²) in [5, 5.41) is 1.94. The minimum Gasteiger partial charge on any atom is -0.324 e. The van der Waals surface area contributed by atoms with Crippen molar-refractivity contribution < 1.29 is 9.59 Å². The van der Waals surface area contributed by atoms with Gasteiger partial charge in [0.15, 0.2) is 0 Å². The first-order valence-corrected chi connectivity index (χ1v) is 11.1. The van der Waals surface area contributed by atoms with Gasteiger partial charge in [-0.3, -0.25) is 14.5 Å².